The maximum atomic E-state index is 12.1. The van der Waals surface area contributed by atoms with E-state index >= 15 is 0 Å². The molecule has 0 saturated heterocycles. The molecule has 0 aliphatic heterocycles. The van der Waals surface area contributed by atoms with Gasteiger partial charge >= 0.3 is 6.61 Å². The van der Waals surface area contributed by atoms with Crippen molar-refractivity contribution in [3.63, 3.8) is 0 Å². The average molecular weight is 371 g/mol. The second kappa shape index (κ2) is 10.9. The van der Waals surface area contributed by atoms with Gasteiger partial charge in [-0.25, -0.2) is 0 Å². The number of aliphatic hydroxyl groups excluding tert-OH is 1. The van der Waals surface area contributed by atoms with E-state index in [9.17, 15) is 13.9 Å². The van der Waals surface area contributed by atoms with Crippen molar-refractivity contribution in [1.82, 2.24) is 10.6 Å². The highest BCUT2D eigenvalue weighted by Crippen LogP contribution is 2.28. The number of guanidine groups is 1. The number of hydrogen-bond donors (Lipinski definition) is 3. The van der Waals surface area contributed by atoms with Crippen LogP contribution in [0.5, 0.6) is 5.75 Å². The Kier molecular flexibility index (Phi) is 8.57. The van der Waals surface area contributed by atoms with Crippen molar-refractivity contribution < 1.29 is 23.4 Å². The lowest BCUT2D eigenvalue weighted by Gasteiger charge is -2.14. The second-order valence-electron chi connectivity index (χ2n) is 6.13. The first-order chi connectivity index (χ1) is 12.6. The van der Waals surface area contributed by atoms with Crippen LogP contribution in [0.15, 0.2) is 29.3 Å². The quantitative estimate of drug-likeness (QED) is 0.316. The number of alkyl halides is 2. The first-order valence-electron chi connectivity index (χ1n) is 8.91. The van der Waals surface area contributed by atoms with E-state index in [2.05, 4.69) is 20.4 Å². The molecule has 6 nitrogen and oxygen atoms in total. The summed E-state index contributed by atoms with van der Waals surface area (Å²) in [4.78, 5) is 4.34. The average Bonchev–Trinajstić information content (AvgIpc) is 3.43. The minimum Gasteiger partial charge on any atom is -0.435 e. The van der Waals surface area contributed by atoms with Crippen LogP contribution in [-0.4, -0.2) is 50.5 Å². The molecule has 8 heteroatoms. The molecule has 1 aromatic carbocycles. The molecular formula is C18H27F2N3O3. The monoisotopic (exact) mass is 371 g/mol. The number of benzene rings is 1. The third-order valence-corrected chi connectivity index (χ3v) is 3.85. The fourth-order valence-electron chi connectivity index (χ4n) is 2.27. The van der Waals surface area contributed by atoms with Gasteiger partial charge < -0.3 is 25.2 Å². The Labute approximate surface area is 152 Å². The third kappa shape index (κ3) is 7.97. The Balaban J connectivity index is 1.76. The van der Waals surface area contributed by atoms with Gasteiger partial charge in [0.25, 0.3) is 0 Å². The van der Waals surface area contributed by atoms with Crippen LogP contribution in [0.4, 0.5) is 8.78 Å². The molecule has 0 bridgehead atoms. The molecule has 0 spiro atoms. The standard InChI is InChI=1S/C18H27F2N3O3/c1-2-21-18(22-9-10-25-12-13-3-4-13)23-11-16(24)14-5-7-15(8-6-14)26-17(19)20/h5-8,13,16-17,24H,2-4,9-12H2,1H3,(H2,21,22,23). The summed E-state index contributed by atoms with van der Waals surface area (Å²) in [7, 11) is 0. The molecule has 1 aliphatic rings. The van der Waals surface area contributed by atoms with Crippen molar-refractivity contribution in [2.75, 3.05) is 32.8 Å². The molecule has 1 fully saturated rings. The van der Waals surface area contributed by atoms with Crippen LogP contribution >= 0.6 is 0 Å². The molecule has 1 atom stereocenters. The Hall–Kier alpha value is -1.93. The number of aliphatic hydroxyl groups is 1. The summed E-state index contributed by atoms with van der Waals surface area (Å²) in [6.45, 7) is 2.00. The number of halogens is 2. The molecule has 0 amide bonds. The summed E-state index contributed by atoms with van der Waals surface area (Å²) in [6, 6.07) is 5.89. The maximum Gasteiger partial charge on any atom is 0.387 e. The van der Waals surface area contributed by atoms with Gasteiger partial charge in [-0.1, -0.05) is 12.1 Å². The van der Waals surface area contributed by atoms with E-state index < -0.39 is 12.7 Å². The van der Waals surface area contributed by atoms with E-state index in [-0.39, 0.29) is 12.3 Å². The van der Waals surface area contributed by atoms with E-state index in [1.165, 1.54) is 25.0 Å². The number of nitrogens with one attached hydrogen (secondary N) is 2. The van der Waals surface area contributed by atoms with Crippen LogP contribution < -0.4 is 15.4 Å². The van der Waals surface area contributed by atoms with Crippen molar-refractivity contribution in [2.24, 2.45) is 10.9 Å². The summed E-state index contributed by atoms with van der Waals surface area (Å²) >= 11 is 0. The Morgan fingerprint density at radius 2 is 2.00 bits per heavy atom. The highest BCUT2D eigenvalue weighted by molar-refractivity contribution is 5.79. The van der Waals surface area contributed by atoms with Crippen molar-refractivity contribution in [2.45, 2.75) is 32.5 Å². The Bertz CT molecular complexity index is 551. The van der Waals surface area contributed by atoms with E-state index in [4.69, 9.17) is 4.74 Å². The van der Waals surface area contributed by atoms with Crippen LogP contribution in [0.2, 0.25) is 0 Å². The zero-order valence-corrected chi connectivity index (χ0v) is 15.0. The van der Waals surface area contributed by atoms with Gasteiger partial charge in [0, 0.05) is 19.7 Å². The zero-order chi connectivity index (χ0) is 18.8. The first kappa shape index (κ1) is 20.4. The van der Waals surface area contributed by atoms with Crippen LogP contribution in [0.1, 0.15) is 31.4 Å². The minimum atomic E-state index is -2.86. The lowest BCUT2D eigenvalue weighted by molar-refractivity contribution is -0.0498. The van der Waals surface area contributed by atoms with Gasteiger partial charge in [-0.15, -0.1) is 0 Å². The van der Waals surface area contributed by atoms with E-state index in [0.29, 0.717) is 31.2 Å². The smallest absolute Gasteiger partial charge is 0.387 e. The summed E-state index contributed by atoms with van der Waals surface area (Å²) in [5, 5.41) is 16.5. The van der Waals surface area contributed by atoms with Gasteiger partial charge in [0.1, 0.15) is 5.75 Å². The minimum absolute atomic E-state index is 0.0562. The molecule has 3 N–H and O–H groups in total. The normalized spacial score (nSPS) is 15.8. The van der Waals surface area contributed by atoms with Gasteiger partial charge in [-0.3, -0.25) is 4.99 Å². The number of ether oxygens (including phenoxy) is 2. The Morgan fingerprint density at radius 3 is 2.62 bits per heavy atom. The molecule has 0 radical (unpaired) electrons. The van der Waals surface area contributed by atoms with Crippen LogP contribution in [0.25, 0.3) is 0 Å². The van der Waals surface area contributed by atoms with Gasteiger partial charge in [-0.2, -0.15) is 8.78 Å². The number of aliphatic imine (C=N–C) groups is 1. The van der Waals surface area contributed by atoms with Crippen molar-refractivity contribution in [3.8, 4) is 5.75 Å². The van der Waals surface area contributed by atoms with Gasteiger partial charge in [0.15, 0.2) is 5.96 Å². The largest absolute Gasteiger partial charge is 0.435 e. The van der Waals surface area contributed by atoms with E-state index in [1.54, 1.807) is 12.1 Å². The molecular weight excluding hydrogens is 344 g/mol. The number of rotatable bonds is 11. The molecule has 0 heterocycles. The second-order valence-corrected chi connectivity index (χ2v) is 6.13. The van der Waals surface area contributed by atoms with Crippen molar-refractivity contribution in [1.29, 1.82) is 0 Å². The molecule has 0 aromatic heterocycles. The fraction of sp³-hybridized carbons (Fsp3) is 0.611. The lowest BCUT2D eigenvalue weighted by atomic mass is 10.1. The van der Waals surface area contributed by atoms with Crippen LogP contribution in [0, 0.1) is 5.92 Å². The van der Waals surface area contributed by atoms with E-state index in [0.717, 1.165) is 12.5 Å². The number of hydrogen-bond acceptors (Lipinski definition) is 4. The fourth-order valence-corrected chi connectivity index (χ4v) is 2.27. The first-order valence-corrected chi connectivity index (χ1v) is 8.91. The molecule has 146 valence electrons. The lowest BCUT2D eigenvalue weighted by Crippen LogP contribution is -2.39. The molecule has 2 rings (SSSR count). The zero-order valence-electron chi connectivity index (χ0n) is 15.0. The van der Waals surface area contributed by atoms with Crippen molar-refractivity contribution >= 4 is 5.96 Å². The SMILES string of the molecule is CCNC(=NCC(O)c1ccc(OC(F)F)cc1)NCCOCC1CC1. The summed E-state index contributed by atoms with van der Waals surface area (Å²) in [6.07, 6.45) is 1.70. The van der Waals surface area contributed by atoms with E-state index in [1.807, 2.05) is 6.92 Å². The van der Waals surface area contributed by atoms with Crippen LogP contribution in [0.3, 0.4) is 0 Å². The molecule has 1 aromatic rings. The Morgan fingerprint density at radius 1 is 1.27 bits per heavy atom. The molecule has 1 saturated carbocycles. The summed E-state index contributed by atoms with van der Waals surface area (Å²) in [5.41, 5.74) is 0.582. The number of nitrogens with zero attached hydrogens (tertiary/aromatic N) is 1. The van der Waals surface area contributed by atoms with Crippen molar-refractivity contribution in [3.05, 3.63) is 29.8 Å². The van der Waals surface area contributed by atoms with Crippen LogP contribution in [-0.2, 0) is 4.74 Å². The molecule has 1 aliphatic carbocycles. The predicted molar refractivity (Wildman–Crippen MR) is 95.6 cm³/mol. The topological polar surface area (TPSA) is 75.1 Å². The van der Waals surface area contributed by atoms with Gasteiger partial charge in [0.05, 0.1) is 19.3 Å². The molecule has 26 heavy (non-hydrogen) atoms. The highest BCUT2D eigenvalue weighted by Gasteiger charge is 2.20. The highest BCUT2D eigenvalue weighted by atomic mass is 19.3. The summed E-state index contributed by atoms with van der Waals surface area (Å²) in [5.74, 6) is 1.39. The third-order valence-electron chi connectivity index (χ3n) is 3.85. The molecule has 1 unspecified atom stereocenters. The summed E-state index contributed by atoms with van der Waals surface area (Å²) < 4.78 is 34.1. The maximum absolute atomic E-state index is 12.1. The van der Waals surface area contributed by atoms with Gasteiger partial charge in [-0.05, 0) is 43.4 Å². The van der Waals surface area contributed by atoms with Gasteiger partial charge in [0.2, 0.25) is 0 Å². The predicted octanol–water partition coefficient (Wildman–Crippen LogP) is 2.30.